The Bertz CT molecular complexity index is 388. The molecule has 1 rings (SSSR count). The molecule has 6 heteroatoms. The van der Waals surface area contributed by atoms with Gasteiger partial charge in [-0.15, -0.1) is 12.4 Å². The van der Waals surface area contributed by atoms with Gasteiger partial charge in [-0.3, -0.25) is 4.79 Å². The van der Waals surface area contributed by atoms with Gasteiger partial charge in [0.1, 0.15) is 17.1 Å². The molecule has 0 bridgehead atoms. The number of rotatable bonds is 4. The Labute approximate surface area is 106 Å². The third kappa shape index (κ3) is 3.87. The van der Waals surface area contributed by atoms with Gasteiger partial charge in [0.15, 0.2) is 0 Å². The number of methoxy groups -OCH3 is 1. The molecule has 4 nitrogen and oxygen atoms in total. The Morgan fingerprint density at radius 1 is 1.59 bits per heavy atom. The van der Waals surface area contributed by atoms with E-state index in [9.17, 15) is 9.18 Å². The molecule has 0 heterocycles. The summed E-state index contributed by atoms with van der Waals surface area (Å²) in [6, 6.07) is 4.02. The number of ether oxygens (including phenoxy) is 1. The van der Waals surface area contributed by atoms with E-state index >= 15 is 0 Å². The zero-order valence-corrected chi connectivity index (χ0v) is 10.5. The number of halogens is 2. The minimum absolute atomic E-state index is 0. The Balaban J connectivity index is 0.00000256. The van der Waals surface area contributed by atoms with Crippen molar-refractivity contribution in [2.75, 3.05) is 13.7 Å². The summed E-state index contributed by atoms with van der Waals surface area (Å²) in [7, 11) is 1.39. The molecule has 0 saturated heterocycles. The molecule has 0 saturated carbocycles. The number of amides is 1. The van der Waals surface area contributed by atoms with E-state index in [1.807, 2.05) is 0 Å². The lowest BCUT2D eigenvalue weighted by Crippen LogP contribution is -2.38. The fraction of sp³-hybridized carbons (Fsp3) is 0.364. The monoisotopic (exact) mass is 262 g/mol. The van der Waals surface area contributed by atoms with Gasteiger partial charge < -0.3 is 15.8 Å². The van der Waals surface area contributed by atoms with Crippen LogP contribution in [0.5, 0.6) is 5.75 Å². The lowest BCUT2D eigenvalue weighted by molar-refractivity contribution is 0.0934. The van der Waals surface area contributed by atoms with Crippen LogP contribution in [0.1, 0.15) is 17.3 Å². The smallest absolute Gasteiger partial charge is 0.258 e. The summed E-state index contributed by atoms with van der Waals surface area (Å²) in [6.07, 6.45) is 0. The van der Waals surface area contributed by atoms with Crippen molar-refractivity contribution in [3.05, 3.63) is 29.6 Å². The van der Waals surface area contributed by atoms with Crippen molar-refractivity contribution >= 4 is 18.3 Å². The van der Waals surface area contributed by atoms with Crippen LogP contribution in [0, 0.1) is 5.82 Å². The van der Waals surface area contributed by atoms with Crippen molar-refractivity contribution in [1.29, 1.82) is 0 Å². The summed E-state index contributed by atoms with van der Waals surface area (Å²) in [4.78, 5) is 11.7. The summed E-state index contributed by atoms with van der Waals surface area (Å²) in [5.41, 5.74) is 5.27. The highest BCUT2D eigenvalue weighted by molar-refractivity contribution is 5.97. The molecule has 0 unspecified atom stereocenters. The molecule has 3 N–H and O–H groups in total. The first kappa shape index (κ1) is 15.7. The average Bonchev–Trinajstić information content (AvgIpc) is 2.28. The van der Waals surface area contributed by atoms with Gasteiger partial charge in [-0.2, -0.15) is 0 Å². The van der Waals surface area contributed by atoms with E-state index in [4.69, 9.17) is 10.5 Å². The number of nitrogens with one attached hydrogen (secondary N) is 1. The van der Waals surface area contributed by atoms with Crippen LogP contribution in [0.4, 0.5) is 4.39 Å². The van der Waals surface area contributed by atoms with Crippen LogP contribution in [0.15, 0.2) is 18.2 Å². The van der Waals surface area contributed by atoms with Gasteiger partial charge in [0.25, 0.3) is 5.91 Å². The molecule has 0 aromatic heterocycles. The number of nitrogens with two attached hydrogens (primary N) is 1. The zero-order chi connectivity index (χ0) is 12.1. The van der Waals surface area contributed by atoms with Gasteiger partial charge in [-0.05, 0) is 19.1 Å². The minimum atomic E-state index is -0.610. The maximum atomic E-state index is 13.5. The Morgan fingerprint density at radius 3 is 2.76 bits per heavy atom. The highest BCUT2D eigenvalue weighted by Gasteiger charge is 2.18. The Kier molecular flexibility index (Phi) is 6.53. The van der Waals surface area contributed by atoms with Gasteiger partial charge in [0.05, 0.1) is 7.11 Å². The summed E-state index contributed by atoms with van der Waals surface area (Å²) in [5, 5.41) is 2.58. The molecule has 0 spiro atoms. The van der Waals surface area contributed by atoms with Crippen molar-refractivity contribution < 1.29 is 13.9 Å². The van der Waals surface area contributed by atoms with Crippen LogP contribution >= 0.6 is 12.4 Å². The molecule has 0 radical (unpaired) electrons. The normalized spacial score (nSPS) is 11.3. The Morgan fingerprint density at radius 2 is 2.24 bits per heavy atom. The van der Waals surface area contributed by atoms with E-state index in [0.717, 1.165) is 0 Å². The molecule has 96 valence electrons. The third-order valence-electron chi connectivity index (χ3n) is 2.15. The predicted molar refractivity (Wildman–Crippen MR) is 66.2 cm³/mol. The number of carbonyl (C=O) groups excluding carboxylic acids is 1. The summed E-state index contributed by atoms with van der Waals surface area (Å²) in [6.45, 7) is 2.04. The lowest BCUT2D eigenvalue weighted by atomic mass is 10.1. The minimum Gasteiger partial charge on any atom is -0.496 e. The quantitative estimate of drug-likeness (QED) is 0.861. The standard InChI is InChI=1S/C11H15FN2O2.ClH/c1-7(6-13)14-11(15)10-8(12)4-3-5-9(10)16-2;/h3-5,7H,6,13H2,1-2H3,(H,14,15);1H/t7-;/m1./s1. The largest absolute Gasteiger partial charge is 0.496 e. The van der Waals surface area contributed by atoms with Crippen molar-refractivity contribution in [3.63, 3.8) is 0 Å². The predicted octanol–water partition coefficient (Wildman–Crippen LogP) is 1.33. The average molecular weight is 263 g/mol. The van der Waals surface area contributed by atoms with Gasteiger partial charge >= 0.3 is 0 Å². The maximum absolute atomic E-state index is 13.5. The number of hydrogen-bond acceptors (Lipinski definition) is 3. The van der Waals surface area contributed by atoms with Gasteiger partial charge in [0, 0.05) is 12.6 Å². The molecule has 1 amide bonds. The van der Waals surface area contributed by atoms with E-state index in [1.165, 1.54) is 25.3 Å². The van der Waals surface area contributed by atoms with E-state index < -0.39 is 11.7 Å². The van der Waals surface area contributed by atoms with E-state index in [-0.39, 0.29) is 29.8 Å². The summed E-state index contributed by atoms with van der Waals surface area (Å²) < 4.78 is 18.4. The number of carbonyl (C=O) groups is 1. The first-order valence-corrected chi connectivity index (χ1v) is 4.93. The van der Waals surface area contributed by atoms with Crippen molar-refractivity contribution in [3.8, 4) is 5.75 Å². The molecular formula is C11H16ClFN2O2. The van der Waals surface area contributed by atoms with Crippen LogP contribution in [0.2, 0.25) is 0 Å². The van der Waals surface area contributed by atoms with Gasteiger partial charge in [-0.25, -0.2) is 4.39 Å². The molecule has 1 atom stereocenters. The molecule has 17 heavy (non-hydrogen) atoms. The zero-order valence-electron chi connectivity index (χ0n) is 9.70. The SMILES string of the molecule is COc1cccc(F)c1C(=O)N[C@H](C)CN.Cl. The first-order chi connectivity index (χ1) is 7.60. The third-order valence-corrected chi connectivity index (χ3v) is 2.15. The van der Waals surface area contributed by atoms with Crippen LogP contribution in [0.3, 0.4) is 0 Å². The van der Waals surface area contributed by atoms with E-state index in [0.29, 0.717) is 6.54 Å². The first-order valence-electron chi connectivity index (χ1n) is 4.93. The fourth-order valence-corrected chi connectivity index (χ4v) is 1.25. The molecule has 0 aliphatic heterocycles. The Hall–Kier alpha value is -1.33. The fourth-order valence-electron chi connectivity index (χ4n) is 1.25. The molecule has 0 fully saturated rings. The molecule has 1 aromatic carbocycles. The van der Waals surface area contributed by atoms with Gasteiger partial charge in [0.2, 0.25) is 0 Å². The number of hydrogen-bond donors (Lipinski definition) is 2. The van der Waals surface area contributed by atoms with Crippen LogP contribution < -0.4 is 15.8 Å². The van der Waals surface area contributed by atoms with E-state index in [2.05, 4.69) is 5.32 Å². The highest BCUT2D eigenvalue weighted by Crippen LogP contribution is 2.20. The second-order valence-corrected chi connectivity index (χ2v) is 3.43. The lowest BCUT2D eigenvalue weighted by Gasteiger charge is -2.13. The van der Waals surface area contributed by atoms with Crippen molar-refractivity contribution in [2.45, 2.75) is 13.0 Å². The number of benzene rings is 1. The van der Waals surface area contributed by atoms with Gasteiger partial charge in [-0.1, -0.05) is 6.07 Å². The molecule has 0 aliphatic rings. The summed E-state index contributed by atoms with van der Waals surface area (Å²) in [5.74, 6) is -0.921. The van der Waals surface area contributed by atoms with E-state index in [1.54, 1.807) is 6.92 Å². The second kappa shape index (κ2) is 7.09. The maximum Gasteiger partial charge on any atom is 0.258 e. The van der Waals surface area contributed by atoms with Crippen molar-refractivity contribution in [2.24, 2.45) is 5.73 Å². The summed E-state index contributed by atoms with van der Waals surface area (Å²) >= 11 is 0. The molecular weight excluding hydrogens is 247 g/mol. The van der Waals surface area contributed by atoms with Crippen molar-refractivity contribution in [1.82, 2.24) is 5.32 Å². The topological polar surface area (TPSA) is 64.3 Å². The van der Waals surface area contributed by atoms with Crippen LogP contribution in [-0.2, 0) is 0 Å². The highest BCUT2D eigenvalue weighted by atomic mass is 35.5. The van der Waals surface area contributed by atoms with Crippen LogP contribution in [0.25, 0.3) is 0 Å². The second-order valence-electron chi connectivity index (χ2n) is 3.43. The van der Waals surface area contributed by atoms with Crippen LogP contribution in [-0.4, -0.2) is 25.6 Å². The molecule has 0 aliphatic carbocycles. The molecule has 1 aromatic rings.